The quantitative estimate of drug-likeness (QED) is 0.832. The summed E-state index contributed by atoms with van der Waals surface area (Å²) in [5, 5.41) is 2.55. The number of carbonyl (C=O) groups excluding carboxylic acids is 1. The molecule has 5 heteroatoms. The minimum absolute atomic E-state index is 0.135. The molecule has 0 aromatic carbocycles. The van der Waals surface area contributed by atoms with Crippen molar-refractivity contribution in [3.8, 4) is 0 Å². The van der Waals surface area contributed by atoms with Gasteiger partial charge in [-0.2, -0.15) is 4.98 Å². The molecule has 0 saturated heterocycles. The lowest BCUT2D eigenvalue weighted by atomic mass is 10.3. The largest absolute Gasteiger partial charge is 0.432 e. The van der Waals surface area contributed by atoms with Crippen molar-refractivity contribution >= 4 is 27.9 Å². The number of oxazole rings is 1. The molecule has 1 aromatic heterocycles. The van der Waals surface area contributed by atoms with Crippen molar-refractivity contribution in [3.63, 3.8) is 0 Å². The number of aryl methyl sites for hydroxylation is 1. The first-order valence-corrected chi connectivity index (χ1v) is 4.92. The third kappa shape index (κ3) is 2.84. The summed E-state index contributed by atoms with van der Waals surface area (Å²) >= 11 is 3.22. The first kappa shape index (κ1) is 10.2. The maximum atomic E-state index is 11.3. The average Bonchev–Trinajstić information content (AvgIpc) is 2.49. The first-order valence-electron chi connectivity index (χ1n) is 4.00. The zero-order valence-corrected chi connectivity index (χ0v) is 9.09. The van der Waals surface area contributed by atoms with E-state index in [2.05, 4.69) is 26.2 Å². The number of carbonyl (C=O) groups is 1. The molecule has 0 bridgehead atoms. The fraction of sp³-hybridized carbons (Fsp3) is 0.500. The summed E-state index contributed by atoms with van der Waals surface area (Å²) < 4.78 is 4.97. The van der Waals surface area contributed by atoms with E-state index >= 15 is 0 Å². The standard InChI is InChI=1S/C8H11BrN2O2/c1-3-6(9)7(12)11-8-10-5(2)4-13-8/h4,6H,3H2,1-2H3,(H,10,11,12). The fourth-order valence-corrected chi connectivity index (χ4v) is 0.895. The summed E-state index contributed by atoms with van der Waals surface area (Å²) in [5.74, 6) is -0.135. The van der Waals surface area contributed by atoms with Gasteiger partial charge in [0.15, 0.2) is 0 Å². The normalized spacial score (nSPS) is 12.5. The van der Waals surface area contributed by atoms with Crippen molar-refractivity contribution in [2.75, 3.05) is 5.32 Å². The number of amides is 1. The molecular formula is C8H11BrN2O2. The van der Waals surface area contributed by atoms with Crippen molar-refractivity contribution in [1.82, 2.24) is 4.98 Å². The molecule has 0 fully saturated rings. The lowest BCUT2D eigenvalue weighted by molar-refractivity contribution is -0.115. The number of hydrogen-bond donors (Lipinski definition) is 1. The lowest BCUT2D eigenvalue weighted by Gasteiger charge is -2.04. The number of anilines is 1. The minimum atomic E-state index is -0.195. The van der Waals surface area contributed by atoms with Gasteiger partial charge in [-0.15, -0.1) is 0 Å². The van der Waals surface area contributed by atoms with Crippen molar-refractivity contribution in [2.24, 2.45) is 0 Å². The molecule has 0 saturated carbocycles. The summed E-state index contributed by atoms with van der Waals surface area (Å²) in [4.78, 5) is 15.0. The maximum absolute atomic E-state index is 11.3. The second-order valence-electron chi connectivity index (χ2n) is 2.66. The average molecular weight is 247 g/mol. The zero-order valence-electron chi connectivity index (χ0n) is 7.50. The Labute approximate surface area is 84.8 Å². The fourth-order valence-electron chi connectivity index (χ4n) is 0.780. The molecule has 0 aliphatic carbocycles. The Morgan fingerprint density at radius 1 is 1.85 bits per heavy atom. The van der Waals surface area contributed by atoms with Crippen LogP contribution in [0, 0.1) is 6.92 Å². The van der Waals surface area contributed by atoms with Gasteiger partial charge in [0, 0.05) is 0 Å². The third-order valence-corrected chi connectivity index (χ3v) is 2.56. The van der Waals surface area contributed by atoms with Crippen LogP contribution >= 0.6 is 15.9 Å². The minimum Gasteiger partial charge on any atom is -0.432 e. The Morgan fingerprint density at radius 3 is 3.00 bits per heavy atom. The summed E-state index contributed by atoms with van der Waals surface area (Å²) in [6.07, 6.45) is 2.22. The molecule has 1 amide bonds. The van der Waals surface area contributed by atoms with Crippen LogP contribution in [0.1, 0.15) is 19.0 Å². The van der Waals surface area contributed by atoms with Crippen molar-refractivity contribution in [2.45, 2.75) is 25.1 Å². The smallest absolute Gasteiger partial charge is 0.301 e. The predicted molar refractivity (Wildman–Crippen MR) is 52.9 cm³/mol. The monoisotopic (exact) mass is 246 g/mol. The molecule has 0 aliphatic heterocycles. The van der Waals surface area contributed by atoms with Crippen LogP contribution in [0.4, 0.5) is 6.01 Å². The molecule has 1 unspecified atom stereocenters. The first-order chi connectivity index (χ1) is 6.13. The summed E-state index contributed by atoms with van der Waals surface area (Å²) in [6, 6.07) is 0.250. The molecule has 1 heterocycles. The van der Waals surface area contributed by atoms with Crippen LogP contribution in [0.25, 0.3) is 0 Å². The summed E-state index contributed by atoms with van der Waals surface area (Å²) in [5.41, 5.74) is 0.748. The van der Waals surface area contributed by atoms with Crippen LogP contribution in [0.2, 0.25) is 0 Å². The Morgan fingerprint density at radius 2 is 2.54 bits per heavy atom. The molecule has 72 valence electrons. The van der Waals surface area contributed by atoms with Gasteiger partial charge in [0.05, 0.1) is 10.5 Å². The van der Waals surface area contributed by atoms with E-state index in [9.17, 15) is 4.79 Å². The Bertz CT molecular complexity index is 298. The van der Waals surface area contributed by atoms with Crippen LogP contribution in [-0.4, -0.2) is 15.7 Å². The highest BCUT2D eigenvalue weighted by Gasteiger charge is 2.14. The van der Waals surface area contributed by atoms with E-state index in [4.69, 9.17) is 4.42 Å². The molecule has 1 rings (SSSR count). The second-order valence-corrected chi connectivity index (χ2v) is 3.76. The molecule has 4 nitrogen and oxygen atoms in total. The number of halogens is 1. The van der Waals surface area contributed by atoms with Crippen molar-refractivity contribution in [3.05, 3.63) is 12.0 Å². The molecular weight excluding hydrogens is 236 g/mol. The number of nitrogens with zero attached hydrogens (tertiary/aromatic N) is 1. The topological polar surface area (TPSA) is 55.1 Å². The van der Waals surface area contributed by atoms with Gasteiger partial charge in [-0.1, -0.05) is 22.9 Å². The Hall–Kier alpha value is -0.840. The van der Waals surface area contributed by atoms with E-state index in [1.807, 2.05) is 6.92 Å². The molecule has 1 aromatic rings. The number of hydrogen-bond acceptors (Lipinski definition) is 3. The van der Waals surface area contributed by atoms with Crippen LogP contribution < -0.4 is 5.32 Å². The molecule has 0 spiro atoms. The van der Waals surface area contributed by atoms with Gasteiger partial charge in [-0.05, 0) is 13.3 Å². The van der Waals surface area contributed by atoms with E-state index in [-0.39, 0.29) is 16.7 Å². The number of nitrogens with one attached hydrogen (secondary N) is 1. The van der Waals surface area contributed by atoms with Crippen molar-refractivity contribution < 1.29 is 9.21 Å². The summed E-state index contributed by atoms with van der Waals surface area (Å²) in [6.45, 7) is 3.71. The number of aromatic nitrogens is 1. The van der Waals surface area contributed by atoms with Gasteiger partial charge >= 0.3 is 6.01 Å². The van der Waals surface area contributed by atoms with Crippen LogP contribution in [0.15, 0.2) is 10.7 Å². The Balaban J connectivity index is 2.54. The van der Waals surface area contributed by atoms with E-state index in [1.165, 1.54) is 6.26 Å². The van der Waals surface area contributed by atoms with E-state index in [0.29, 0.717) is 0 Å². The number of alkyl halides is 1. The summed E-state index contributed by atoms with van der Waals surface area (Å²) in [7, 11) is 0. The van der Waals surface area contributed by atoms with E-state index in [0.717, 1.165) is 12.1 Å². The van der Waals surface area contributed by atoms with Gasteiger partial charge in [-0.25, -0.2) is 0 Å². The van der Waals surface area contributed by atoms with E-state index in [1.54, 1.807) is 6.92 Å². The highest BCUT2D eigenvalue weighted by molar-refractivity contribution is 9.10. The van der Waals surface area contributed by atoms with Crippen LogP contribution in [0.5, 0.6) is 0 Å². The van der Waals surface area contributed by atoms with Gasteiger partial charge in [0.1, 0.15) is 6.26 Å². The predicted octanol–water partition coefficient (Wildman–Crippen LogP) is 2.10. The molecule has 0 radical (unpaired) electrons. The second kappa shape index (κ2) is 4.41. The van der Waals surface area contributed by atoms with Crippen molar-refractivity contribution in [1.29, 1.82) is 0 Å². The van der Waals surface area contributed by atoms with Gasteiger partial charge in [0.2, 0.25) is 5.91 Å². The van der Waals surface area contributed by atoms with Crippen LogP contribution in [0.3, 0.4) is 0 Å². The molecule has 13 heavy (non-hydrogen) atoms. The third-order valence-electron chi connectivity index (χ3n) is 1.49. The maximum Gasteiger partial charge on any atom is 0.301 e. The molecule has 0 aliphatic rings. The molecule has 1 N–H and O–H groups in total. The molecule has 1 atom stereocenters. The van der Waals surface area contributed by atoms with E-state index < -0.39 is 0 Å². The van der Waals surface area contributed by atoms with Gasteiger partial charge in [0.25, 0.3) is 0 Å². The lowest BCUT2D eigenvalue weighted by Crippen LogP contribution is -2.22. The SMILES string of the molecule is CCC(Br)C(=O)Nc1nc(C)co1. The van der Waals surface area contributed by atoms with Gasteiger partial charge < -0.3 is 4.42 Å². The van der Waals surface area contributed by atoms with Gasteiger partial charge in [-0.3, -0.25) is 10.1 Å². The highest BCUT2D eigenvalue weighted by Crippen LogP contribution is 2.10. The zero-order chi connectivity index (χ0) is 9.84. The van der Waals surface area contributed by atoms with Crippen LogP contribution in [-0.2, 0) is 4.79 Å². The highest BCUT2D eigenvalue weighted by atomic mass is 79.9. The number of rotatable bonds is 3. The Kier molecular flexibility index (Phi) is 3.48.